The highest BCUT2D eigenvalue weighted by molar-refractivity contribution is 7.98. The quantitative estimate of drug-likeness (QED) is 0.645. The number of ether oxygens (including phenoxy) is 1. The molecule has 0 fully saturated rings. The maximum atomic E-state index is 11.8. The minimum Gasteiger partial charge on any atom is -0.444 e. The first kappa shape index (κ1) is 21.8. The highest BCUT2D eigenvalue weighted by Crippen LogP contribution is 2.19. The van der Waals surface area contributed by atoms with Crippen molar-refractivity contribution in [3.63, 3.8) is 0 Å². The largest absolute Gasteiger partial charge is 0.444 e. The lowest BCUT2D eigenvalue weighted by atomic mass is 9.95. The molecule has 0 spiro atoms. The predicted molar refractivity (Wildman–Crippen MR) is 107 cm³/mol. The van der Waals surface area contributed by atoms with Gasteiger partial charge in [-0.25, -0.2) is 4.79 Å². The number of amides is 1. The molecule has 0 saturated heterocycles. The van der Waals surface area contributed by atoms with Crippen molar-refractivity contribution in [1.82, 2.24) is 10.6 Å². The molecule has 0 saturated carbocycles. The summed E-state index contributed by atoms with van der Waals surface area (Å²) in [5.41, 5.74) is 0.813. The molecule has 0 radical (unpaired) electrons. The molecule has 142 valence electrons. The number of benzene rings is 1. The van der Waals surface area contributed by atoms with Gasteiger partial charge in [0.2, 0.25) is 0 Å². The minimum absolute atomic E-state index is 0.277. The van der Waals surface area contributed by atoms with E-state index in [-0.39, 0.29) is 12.1 Å². The Morgan fingerprint density at radius 3 is 2.20 bits per heavy atom. The van der Waals surface area contributed by atoms with Gasteiger partial charge in [-0.05, 0) is 63.5 Å². The zero-order valence-electron chi connectivity index (χ0n) is 16.7. The van der Waals surface area contributed by atoms with Gasteiger partial charge in [0.15, 0.2) is 0 Å². The fraction of sp³-hybridized carbons (Fsp3) is 0.650. The molecular formula is C20H34N2O2S. The monoisotopic (exact) mass is 366 g/mol. The zero-order valence-corrected chi connectivity index (χ0v) is 17.5. The van der Waals surface area contributed by atoms with Gasteiger partial charge in [0.25, 0.3) is 0 Å². The Morgan fingerprint density at radius 1 is 1.12 bits per heavy atom. The lowest BCUT2D eigenvalue weighted by Crippen LogP contribution is -2.40. The van der Waals surface area contributed by atoms with Crippen LogP contribution in [0.5, 0.6) is 0 Å². The van der Waals surface area contributed by atoms with E-state index < -0.39 is 5.60 Å². The number of carbonyl (C=O) groups excluding carboxylic acids is 1. The molecule has 0 aliphatic carbocycles. The standard InChI is InChI=1S/C20H34N2O2S/c1-14(2)17(13-22-19(23)24-20(4,5)6)12-21-15(3)16-8-10-18(25-7)11-9-16/h8-11,14-15,17,21H,12-13H2,1-7H3,(H,22,23). The maximum absolute atomic E-state index is 11.8. The summed E-state index contributed by atoms with van der Waals surface area (Å²) in [6.07, 6.45) is 1.74. The molecule has 4 nitrogen and oxygen atoms in total. The minimum atomic E-state index is -0.465. The predicted octanol–water partition coefficient (Wildman–Crippen LogP) is 4.86. The van der Waals surface area contributed by atoms with E-state index in [2.05, 4.69) is 61.9 Å². The third kappa shape index (κ3) is 8.63. The summed E-state index contributed by atoms with van der Waals surface area (Å²) in [6.45, 7) is 13.6. The van der Waals surface area contributed by atoms with Gasteiger partial charge < -0.3 is 15.4 Å². The van der Waals surface area contributed by atoms with E-state index in [1.54, 1.807) is 11.8 Å². The van der Waals surface area contributed by atoms with Crippen LogP contribution in [-0.2, 0) is 4.74 Å². The molecule has 0 aromatic heterocycles. The van der Waals surface area contributed by atoms with Crippen LogP contribution in [0.3, 0.4) is 0 Å². The number of thioether (sulfide) groups is 1. The number of nitrogens with one attached hydrogen (secondary N) is 2. The van der Waals surface area contributed by atoms with Crippen LogP contribution in [-0.4, -0.2) is 31.0 Å². The lowest BCUT2D eigenvalue weighted by molar-refractivity contribution is 0.0514. The average molecular weight is 367 g/mol. The second-order valence-electron chi connectivity index (χ2n) is 7.79. The summed E-state index contributed by atoms with van der Waals surface area (Å²) in [5.74, 6) is 0.814. The van der Waals surface area contributed by atoms with Crippen LogP contribution in [0.4, 0.5) is 4.79 Å². The number of carbonyl (C=O) groups is 1. The highest BCUT2D eigenvalue weighted by atomic mass is 32.2. The maximum Gasteiger partial charge on any atom is 0.407 e. The van der Waals surface area contributed by atoms with Crippen LogP contribution >= 0.6 is 11.8 Å². The molecule has 1 amide bonds. The smallest absolute Gasteiger partial charge is 0.407 e. The second-order valence-corrected chi connectivity index (χ2v) is 8.67. The van der Waals surface area contributed by atoms with Gasteiger partial charge >= 0.3 is 6.09 Å². The van der Waals surface area contributed by atoms with Crippen molar-refractivity contribution < 1.29 is 9.53 Å². The van der Waals surface area contributed by atoms with E-state index >= 15 is 0 Å². The Bertz CT molecular complexity index is 523. The fourth-order valence-electron chi connectivity index (χ4n) is 2.41. The third-order valence-corrected chi connectivity index (χ3v) is 4.90. The molecular weight excluding hydrogens is 332 g/mol. The van der Waals surface area contributed by atoms with Crippen LogP contribution in [0.25, 0.3) is 0 Å². The van der Waals surface area contributed by atoms with Gasteiger partial charge in [0.1, 0.15) is 5.60 Å². The first-order chi connectivity index (χ1) is 11.6. The van der Waals surface area contributed by atoms with E-state index in [4.69, 9.17) is 4.74 Å². The van der Waals surface area contributed by atoms with Crippen LogP contribution in [0.1, 0.15) is 53.1 Å². The number of hydrogen-bond donors (Lipinski definition) is 2. The van der Waals surface area contributed by atoms with Crippen molar-refractivity contribution in [2.45, 2.75) is 58.1 Å². The van der Waals surface area contributed by atoms with Gasteiger partial charge in [0.05, 0.1) is 0 Å². The normalized spacial score (nSPS) is 14.2. The third-order valence-electron chi connectivity index (χ3n) is 4.15. The zero-order chi connectivity index (χ0) is 19.0. The topological polar surface area (TPSA) is 50.4 Å². The first-order valence-electron chi connectivity index (χ1n) is 8.96. The van der Waals surface area contributed by atoms with E-state index in [1.807, 2.05) is 20.8 Å². The van der Waals surface area contributed by atoms with Crippen molar-refractivity contribution in [2.75, 3.05) is 19.3 Å². The van der Waals surface area contributed by atoms with Crippen molar-refractivity contribution in [2.24, 2.45) is 11.8 Å². The molecule has 2 atom stereocenters. The molecule has 1 aromatic carbocycles. The van der Waals surface area contributed by atoms with Crippen LogP contribution in [0.15, 0.2) is 29.2 Å². The van der Waals surface area contributed by atoms with Crippen molar-refractivity contribution in [3.05, 3.63) is 29.8 Å². The molecule has 0 bridgehead atoms. The molecule has 0 aliphatic heterocycles. The highest BCUT2D eigenvalue weighted by Gasteiger charge is 2.19. The van der Waals surface area contributed by atoms with E-state index in [9.17, 15) is 4.79 Å². The van der Waals surface area contributed by atoms with Crippen molar-refractivity contribution in [3.8, 4) is 0 Å². The number of alkyl carbamates (subject to hydrolysis) is 1. The lowest BCUT2D eigenvalue weighted by Gasteiger charge is -2.25. The van der Waals surface area contributed by atoms with E-state index in [0.29, 0.717) is 18.4 Å². The Kier molecular flexibility index (Phi) is 8.80. The van der Waals surface area contributed by atoms with E-state index in [1.165, 1.54) is 10.5 Å². The molecule has 0 heterocycles. The molecule has 0 aliphatic rings. The second kappa shape index (κ2) is 10.1. The molecule has 25 heavy (non-hydrogen) atoms. The van der Waals surface area contributed by atoms with Crippen LogP contribution in [0, 0.1) is 11.8 Å². The SMILES string of the molecule is CSc1ccc(C(C)NCC(CNC(=O)OC(C)(C)C)C(C)C)cc1. The summed E-state index contributed by atoms with van der Waals surface area (Å²) in [7, 11) is 0. The van der Waals surface area contributed by atoms with Crippen LogP contribution < -0.4 is 10.6 Å². The van der Waals surface area contributed by atoms with E-state index in [0.717, 1.165) is 6.54 Å². The number of rotatable bonds is 8. The first-order valence-corrected chi connectivity index (χ1v) is 10.2. The van der Waals surface area contributed by atoms with Gasteiger partial charge in [-0.2, -0.15) is 0 Å². The molecule has 2 unspecified atom stereocenters. The molecule has 5 heteroatoms. The summed E-state index contributed by atoms with van der Waals surface area (Å²) < 4.78 is 5.31. The van der Waals surface area contributed by atoms with Gasteiger partial charge in [-0.15, -0.1) is 11.8 Å². The summed E-state index contributed by atoms with van der Waals surface area (Å²) >= 11 is 1.75. The fourth-order valence-corrected chi connectivity index (χ4v) is 2.82. The van der Waals surface area contributed by atoms with Crippen molar-refractivity contribution in [1.29, 1.82) is 0 Å². The van der Waals surface area contributed by atoms with Crippen LogP contribution in [0.2, 0.25) is 0 Å². The molecule has 1 aromatic rings. The van der Waals surface area contributed by atoms with Gasteiger partial charge in [0, 0.05) is 24.0 Å². The number of hydrogen-bond acceptors (Lipinski definition) is 4. The Hall–Kier alpha value is -1.20. The summed E-state index contributed by atoms with van der Waals surface area (Å²) in [4.78, 5) is 13.1. The Labute approximate surface area is 157 Å². The Balaban J connectivity index is 2.50. The van der Waals surface area contributed by atoms with Gasteiger partial charge in [-0.1, -0.05) is 26.0 Å². The summed E-state index contributed by atoms with van der Waals surface area (Å²) in [6, 6.07) is 8.93. The molecule has 1 rings (SSSR count). The molecule has 2 N–H and O–H groups in total. The summed E-state index contributed by atoms with van der Waals surface area (Å²) in [5, 5.41) is 6.49. The average Bonchev–Trinajstić information content (AvgIpc) is 2.52. The van der Waals surface area contributed by atoms with Crippen molar-refractivity contribution >= 4 is 17.9 Å². The Morgan fingerprint density at radius 2 is 1.72 bits per heavy atom. The van der Waals surface area contributed by atoms with Gasteiger partial charge in [-0.3, -0.25) is 0 Å².